The Morgan fingerprint density at radius 2 is 0.670 bits per heavy atom. The molecule has 0 amide bonds. The van der Waals surface area contributed by atoms with Gasteiger partial charge in [-0.2, -0.15) is 0 Å². The molecule has 3 aromatic heterocycles. The molecule has 0 spiro atoms. The fourth-order valence-electron chi connectivity index (χ4n) is 10.8. The van der Waals surface area contributed by atoms with Gasteiger partial charge in [0, 0.05) is 5.56 Å². The summed E-state index contributed by atoms with van der Waals surface area (Å²) in [6.07, 6.45) is 0. The molecule has 3 aliphatic rings. The van der Waals surface area contributed by atoms with Crippen LogP contribution in [-0.4, -0.2) is 82.5 Å². The summed E-state index contributed by atoms with van der Waals surface area (Å²) in [4.78, 5) is 37.2. The maximum Gasteiger partial charge on any atom is 0.211 e. The normalized spacial score (nSPS) is 12.1. The first-order valence-electron chi connectivity index (χ1n) is 27.1. The van der Waals surface area contributed by atoms with Crippen LogP contribution in [0.25, 0.3) is 89.7 Å². The number of hydrogen-bond donors (Lipinski definition) is 2. The van der Waals surface area contributed by atoms with Crippen LogP contribution in [0.2, 0.25) is 60.3 Å². The average Bonchev–Trinajstić information content (AvgIpc) is 1.57. The average molecular weight is 1500 g/mol. The number of hydrogen-bond acceptors (Lipinski definition) is 17. The van der Waals surface area contributed by atoms with E-state index in [9.17, 15) is 0 Å². The molecule has 0 unspecified atom stereocenters. The number of nitrogens with zero attached hydrogens (tertiary/aromatic N) is 6. The first-order chi connectivity index (χ1) is 45.3. The molecule has 0 radical (unpaired) electrons. The molecule has 0 atom stereocenters. The summed E-state index contributed by atoms with van der Waals surface area (Å²) >= 11 is 89.7. The molecule has 19 nitrogen and oxygen atoms in total. The van der Waals surface area contributed by atoms with Crippen LogP contribution >= 0.6 is 139 Å². The number of aromatic nitrogens is 8. The van der Waals surface area contributed by atoms with Crippen molar-refractivity contribution < 1.29 is 52.1 Å². The fourth-order valence-corrected chi connectivity index (χ4v) is 14.3. The van der Waals surface area contributed by atoms with Crippen molar-refractivity contribution in [2.75, 3.05) is 42.7 Å². The van der Waals surface area contributed by atoms with Crippen molar-refractivity contribution in [2.45, 2.75) is 6.61 Å². The number of aromatic amines is 2. The Morgan fingerprint density at radius 3 is 1.17 bits per heavy atom. The number of benzene rings is 8. The molecular weight excluding hydrogens is 1470 g/mol. The van der Waals surface area contributed by atoms with E-state index >= 15 is 0 Å². The molecule has 94 heavy (non-hydrogen) atoms. The van der Waals surface area contributed by atoms with Gasteiger partial charge in [0.15, 0.2) is 92.3 Å². The highest BCUT2D eigenvalue weighted by Crippen LogP contribution is 2.60. The van der Waals surface area contributed by atoms with Crippen LogP contribution in [0.15, 0.2) is 72.8 Å². The zero-order valence-electron chi connectivity index (χ0n) is 48.3. The second kappa shape index (κ2) is 24.9. The number of H-pyrrole nitrogens is 2. The predicted octanol–water partition coefficient (Wildman–Crippen LogP) is 21.8. The second-order valence-electron chi connectivity index (χ2n) is 20.1. The molecule has 0 fully saturated rings. The van der Waals surface area contributed by atoms with Crippen LogP contribution in [0.1, 0.15) is 5.56 Å². The Labute approximate surface area is 590 Å². The summed E-state index contributed by atoms with van der Waals surface area (Å²) in [6, 6.07) is 20.0. The van der Waals surface area contributed by atoms with Crippen molar-refractivity contribution in [3.05, 3.63) is 139 Å². The molecule has 3 aliphatic heterocycles. The summed E-state index contributed by atoms with van der Waals surface area (Å²) in [5.74, 6) is 0.451. The molecule has 2 N–H and O–H groups in total. The van der Waals surface area contributed by atoms with E-state index < -0.39 is 0 Å². The lowest BCUT2D eigenvalue weighted by molar-refractivity contribution is 0.278. The van der Waals surface area contributed by atoms with Gasteiger partial charge >= 0.3 is 0 Å². The van der Waals surface area contributed by atoms with Gasteiger partial charge in [-0.05, 0) is 42.5 Å². The first-order valence-corrected chi connectivity index (χ1v) is 31.6. The van der Waals surface area contributed by atoms with Gasteiger partial charge in [-0.3, -0.25) is 0 Å². The highest BCUT2D eigenvalue weighted by atomic mass is 35.5. The molecule has 8 aromatic carbocycles. The summed E-state index contributed by atoms with van der Waals surface area (Å²) in [5.41, 5.74) is 0.176. The highest BCUT2D eigenvalue weighted by Gasteiger charge is 2.37. The van der Waals surface area contributed by atoms with E-state index in [-0.39, 0.29) is 243 Å². The molecule has 0 saturated carbocycles. The number of ether oxygens (including phenoxy) is 11. The Hall–Kier alpha value is -7.60. The Balaban J connectivity index is 1.17. The van der Waals surface area contributed by atoms with Crippen molar-refractivity contribution in [3.8, 4) is 132 Å². The quantitative estimate of drug-likeness (QED) is 0.122. The molecule has 0 aliphatic carbocycles. The summed E-state index contributed by atoms with van der Waals surface area (Å²) in [5, 5.41) is -1.94. The molecule has 11 aromatic rings. The number of fused-ring (bicyclic) bond motifs is 18. The van der Waals surface area contributed by atoms with Crippen LogP contribution in [0.4, 0.5) is 0 Å². The number of halogens is 12. The Bertz CT molecular complexity index is 5290. The van der Waals surface area contributed by atoms with E-state index in [1.54, 1.807) is 72.8 Å². The van der Waals surface area contributed by atoms with Gasteiger partial charge in [-0.25, -0.2) is 29.9 Å². The SMILES string of the molecule is COc1cccc2c1Oc1c(Cl)c(Cl)c3c4nc5nc(nc6[nH]c(nc7nc(nc([nH]4)c3c1Cl)-c1c(Cl)c(c(Cl)c(Cl)c1-7)Oc1c(OC)cccc1OC2)c1c(Cl)c(Oc2c(OC)cccc2OC)c(Cl)c(Cl)c61)-c1c(Cl)c(Oc2c(OC)cccc2OC)c(Cl)c(Cl)c1-5. The zero-order chi connectivity index (χ0) is 66.0. The molecule has 6 heterocycles. The molecule has 14 rings (SSSR count). The predicted molar refractivity (Wildman–Crippen MR) is 366 cm³/mol. The van der Waals surface area contributed by atoms with E-state index in [2.05, 4.69) is 9.97 Å². The van der Waals surface area contributed by atoms with E-state index in [1.807, 2.05) is 0 Å². The maximum atomic E-state index is 7.66. The van der Waals surface area contributed by atoms with Gasteiger partial charge < -0.3 is 62.1 Å². The third-order valence-electron chi connectivity index (χ3n) is 15.1. The lowest BCUT2D eigenvalue weighted by atomic mass is 10.1. The van der Waals surface area contributed by atoms with Gasteiger partial charge in [0.05, 0.1) is 127 Å². The van der Waals surface area contributed by atoms with Crippen molar-refractivity contribution in [1.82, 2.24) is 39.9 Å². The summed E-state index contributed by atoms with van der Waals surface area (Å²) < 4.78 is 67.5. The molecule has 0 saturated heterocycles. The summed E-state index contributed by atoms with van der Waals surface area (Å²) in [6.45, 7) is -0.190. The lowest BCUT2D eigenvalue weighted by Gasteiger charge is -2.20. The van der Waals surface area contributed by atoms with E-state index in [0.29, 0.717) is 5.56 Å². The van der Waals surface area contributed by atoms with Crippen molar-refractivity contribution in [3.63, 3.8) is 0 Å². The first kappa shape index (κ1) is 63.8. The van der Waals surface area contributed by atoms with Crippen molar-refractivity contribution in [2.24, 2.45) is 0 Å². The molecule has 12 bridgehead atoms. The number of nitrogens with one attached hydrogen (secondary N) is 2. The van der Waals surface area contributed by atoms with Gasteiger partial charge in [-0.1, -0.05) is 170 Å². The Kier molecular flexibility index (Phi) is 16.9. The van der Waals surface area contributed by atoms with Crippen LogP contribution in [-0.2, 0) is 6.61 Å². The minimum Gasteiger partial charge on any atom is -0.493 e. The van der Waals surface area contributed by atoms with Crippen LogP contribution in [0.3, 0.4) is 0 Å². The standard InChI is InChI=1S/C63H34Cl12N8O11/c1-84-21-12-7-11-20-19-90-27-18-10-17-26(89-6)51(27)94-55-43(71)35-31(39(67)47(55)75)59-81-61-34-30(38(66)46(74)54(42(34)70)93-50-24(87-4)15-9-16-25(50)88-5)58(80-61)79-60-33-29(37(65)45(73)53(41(33)69)92-49-22(85-2)13-8-14-23(49)86-3)57(77-60)76-56-28-32(62(78-56)83-63(35)82-59)40(68)52(91-48(20)21)44(72)36(28)64/h7-18H,19H2,1-6H3,(H2,76,77,78,79,80,81,82,83). The zero-order valence-corrected chi connectivity index (χ0v) is 57.4. The van der Waals surface area contributed by atoms with Crippen LogP contribution in [0.5, 0.6) is 86.2 Å². The molecule has 31 heteroatoms. The monoisotopic (exact) mass is 1500 g/mol. The second-order valence-corrected chi connectivity index (χ2v) is 24.6. The van der Waals surface area contributed by atoms with E-state index in [0.717, 1.165) is 0 Å². The molecular formula is C63H34Cl12N8O11. The van der Waals surface area contributed by atoms with Gasteiger partial charge in [0.25, 0.3) is 0 Å². The van der Waals surface area contributed by atoms with Crippen molar-refractivity contribution >= 4 is 183 Å². The third-order valence-corrected chi connectivity index (χ3v) is 19.9. The minimum atomic E-state index is -0.214. The van der Waals surface area contributed by atoms with Gasteiger partial charge in [0.2, 0.25) is 17.2 Å². The molecule has 476 valence electrons. The largest absolute Gasteiger partial charge is 0.493 e. The van der Waals surface area contributed by atoms with Crippen LogP contribution in [0, 0.1) is 0 Å². The lowest BCUT2D eigenvalue weighted by Crippen LogP contribution is -2.03. The Morgan fingerprint density at radius 1 is 0.319 bits per heavy atom. The highest BCUT2D eigenvalue weighted by molar-refractivity contribution is 6.53. The smallest absolute Gasteiger partial charge is 0.211 e. The van der Waals surface area contributed by atoms with Crippen LogP contribution < -0.4 is 52.1 Å². The summed E-state index contributed by atoms with van der Waals surface area (Å²) in [7, 11) is 8.66. The maximum absolute atomic E-state index is 7.66. The number of rotatable bonds is 10. The fraction of sp³-hybridized carbons (Fsp3) is 0.111. The number of methoxy groups -OCH3 is 6. The van der Waals surface area contributed by atoms with Gasteiger partial charge in [0.1, 0.15) is 49.3 Å². The number of para-hydroxylation sites is 4. The topological polar surface area (TPSA) is 210 Å². The van der Waals surface area contributed by atoms with Gasteiger partial charge in [-0.15, -0.1) is 0 Å². The van der Waals surface area contributed by atoms with E-state index in [1.165, 1.54) is 42.7 Å². The van der Waals surface area contributed by atoms with Crippen molar-refractivity contribution in [1.29, 1.82) is 0 Å². The minimum absolute atomic E-state index is 0.0198. The van der Waals surface area contributed by atoms with E-state index in [4.69, 9.17) is 221 Å². The third kappa shape index (κ3) is 10.1.